The van der Waals surface area contributed by atoms with E-state index in [2.05, 4.69) is 53.0 Å². The fourth-order valence-corrected chi connectivity index (χ4v) is 1.65. The molecule has 78 valence electrons. The van der Waals surface area contributed by atoms with Crippen LogP contribution in [0.4, 0.5) is 0 Å². The van der Waals surface area contributed by atoms with Crippen molar-refractivity contribution < 1.29 is 4.79 Å². The second-order valence-corrected chi connectivity index (χ2v) is 5.45. The van der Waals surface area contributed by atoms with E-state index >= 15 is 0 Å². The molecule has 0 aliphatic heterocycles. The van der Waals surface area contributed by atoms with Crippen molar-refractivity contribution in [2.75, 3.05) is 0 Å². The average Bonchev–Trinajstić information content (AvgIpc) is 1.92. The SMILES string of the molecule is CC(C)(C)C(=C=C=CC=O)C(C)(C)C. The molecule has 14 heavy (non-hydrogen) atoms. The van der Waals surface area contributed by atoms with Gasteiger partial charge in [0, 0.05) is 6.08 Å². The van der Waals surface area contributed by atoms with E-state index in [1.165, 1.54) is 11.6 Å². The van der Waals surface area contributed by atoms with E-state index in [1.807, 2.05) is 0 Å². The van der Waals surface area contributed by atoms with Gasteiger partial charge in [0.1, 0.15) is 0 Å². The standard InChI is InChI=1S/C13H20O/c1-12(2,3)11(13(4,5)6)9-7-8-10-14/h8,10H,1-6H3. The summed E-state index contributed by atoms with van der Waals surface area (Å²) in [5, 5.41) is 0. The van der Waals surface area contributed by atoms with Crippen LogP contribution >= 0.6 is 0 Å². The first-order valence-corrected chi connectivity index (χ1v) is 4.86. The Kier molecular flexibility index (Phi) is 4.13. The van der Waals surface area contributed by atoms with Crippen molar-refractivity contribution in [3.63, 3.8) is 0 Å². The van der Waals surface area contributed by atoms with Crippen molar-refractivity contribution >= 4 is 6.29 Å². The van der Waals surface area contributed by atoms with Gasteiger partial charge in [-0.2, -0.15) is 0 Å². The maximum absolute atomic E-state index is 10.1. The van der Waals surface area contributed by atoms with Crippen molar-refractivity contribution in [1.82, 2.24) is 0 Å². The van der Waals surface area contributed by atoms with Gasteiger partial charge in [-0.15, -0.1) is 0 Å². The van der Waals surface area contributed by atoms with Gasteiger partial charge in [-0.05, 0) is 16.4 Å². The van der Waals surface area contributed by atoms with Crippen molar-refractivity contribution in [2.45, 2.75) is 41.5 Å². The third-order valence-electron chi connectivity index (χ3n) is 1.85. The molecular weight excluding hydrogens is 172 g/mol. The van der Waals surface area contributed by atoms with Gasteiger partial charge in [-0.25, -0.2) is 0 Å². The Labute approximate surface area is 87.2 Å². The van der Waals surface area contributed by atoms with Crippen molar-refractivity contribution in [3.05, 3.63) is 23.1 Å². The minimum atomic E-state index is 0.0575. The van der Waals surface area contributed by atoms with Gasteiger partial charge < -0.3 is 0 Å². The fourth-order valence-electron chi connectivity index (χ4n) is 1.65. The summed E-state index contributed by atoms with van der Waals surface area (Å²) < 4.78 is 0. The zero-order valence-corrected chi connectivity index (χ0v) is 10.1. The van der Waals surface area contributed by atoms with Gasteiger partial charge >= 0.3 is 0 Å². The number of hydrogen-bond acceptors (Lipinski definition) is 1. The highest BCUT2D eigenvalue weighted by atomic mass is 16.1. The summed E-state index contributed by atoms with van der Waals surface area (Å²) in [6.07, 6.45) is 2.06. The molecule has 0 aromatic heterocycles. The molecule has 0 aliphatic rings. The third kappa shape index (κ3) is 4.28. The third-order valence-corrected chi connectivity index (χ3v) is 1.85. The Morgan fingerprint density at radius 1 is 1.00 bits per heavy atom. The Bertz CT molecular complexity index is 279. The van der Waals surface area contributed by atoms with E-state index in [4.69, 9.17) is 0 Å². The highest BCUT2D eigenvalue weighted by Crippen LogP contribution is 2.38. The van der Waals surface area contributed by atoms with Crippen LogP contribution in [0.2, 0.25) is 0 Å². The lowest BCUT2D eigenvalue weighted by Gasteiger charge is -2.31. The Hall–Kier alpha value is -1.03. The summed E-state index contributed by atoms with van der Waals surface area (Å²) in [7, 11) is 0. The van der Waals surface area contributed by atoms with Crippen LogP contribution in [0.5, 0.6) is 0 Å². The Morgan fingerprint density at radius 2 is 1.43 bits per heavy atom. The van der Waals surface area contributed by atoms with Crippen LogP contribution in [-0.2, 0) is 4.79 Å². The van der Waals surface area contributed by atoms with Crippen LogP contribution < -0.4 is 0 Å². The second kappa shape index (κ2) is 4.46. The van der Waals surface area contributed by atoms with Crippen molar-refractivity contribution in [2.24, 2.45) is 10.8 Å². The van der Waals surface area contributed by atoms with Crippen molar-refractivity contribution in [3.8, 4) is 0 Å². The second-order valence-electron chi connectivity index (χ2n) is 5.45. The molecule has 1 nitrogen and oxygen atoms in total. The molecule has 0 atom stereocenters. The van der Waals surface area contributed by atoms with Crippen LogP contribution in [0.25, 0.3) is 0 Å². The van der Waals surface area contributed by atoms with E-state index < -0.39 is 0 Å². The minimum Gasteiger partial charge on any atom is -0.298 e. The first-order chi connectivity index (χ1) is 6.19. The molecule has 0 amide bonds. The fraction of sp³-hybridized carbons (Fsp3) is 0.615. The number of aldehydes is 1. The van der Waals surface area contributed by atoms with Gasteiger partial charge in [-0.1, -0.05) is 53.0 Å². The highest BCUT2D eigenvalue weighted by Gasteiger charge is 2.27. The molecule has 0 spiro atoms. The quantitative estimate of drug-likeness (QED) is 0.353. The van der Waals surface area contributed by atoms with Gasteiger partial charge in [-0.3, -0.25) is 4.79 Å². The lowest BCUT2D eigenvalue weighted by atomic mass is 9.72. The summed E-state index contributed by atoms with van der Waals surface area (Å²) in [5.41, 5.74) is 7.13. The first kappa shape index (κ1) is 13.0. The predicted octanol–water partition coefficient (Wildman–Crippen LogP) is 3.51. The normalized spacial score (nSPS) is 11.3. The van der Waals surface area contributed by atoms with Gasteiger partial charge in [0.05, 0.1) is 0 Å². The first-order valence-electron chi connectivity index (χ1n) is 4.86. The largest absolute Gasteiger partial charge is 0.298 e. The lowest BCUT2D eigenvalue weighted by Crippen LogP contribution is -2.21. The summed E-state index contributed by atoms with van der Waals surface area (Å²) in [5.74, 6) is 0. The lowest BCUT2D eigenvalue weighted by molar-refractivity contribution is -0.104. The number of allylic oxidation sites excluding steroid dienone is 2. The molecule has 0 aromatic rings. The van der Waals surface area contributed by atoms with Crippen LogP contribution in [0, 0.1) is 10.8 Å². The highest BCUT2D eigenvalue weighted by molar-refractivity contribution is 5.64. The van der Waals surface area contributed by atoms with Crippen LogP contribution in [0.3, 0.4) is 0 Å². The molecule has 0 N–H and O–H groups in total. The van der Waals surface area contributed by atoms with E-state index in [9.17, 15) is 4.79 Å². The maximum atomic E-state index is 10.1. The van der Waals surface area contributed by atoms with Gasteiger partial charge in [0.2, 0.25) is 0 Å². The number of rotatable bonds is 1. The smallest absolute Gasteiger partial charge is 0.151 e. The van der Waals surface area contributed by atoms with Gasteiger partial charge in [0.15, 0.2) is 6.29 Å². The van der Waals surface area contributed by atoms with Crippen LogP contribution in [0.15, 0.2) is 23.1 Å². The molecule has 0 radical (unpaired) electrons. The van der Waals surface area contributed by atoms with Crippen molar-refractivity contribution in [1.29, 1.82) is 0 Å². The molecule has 0 saturated carbocycles. The Morgan fingerprint density at radius 3 is 1.71 bits per heavy atom. The number of hydrogen-bond donors (Lipinski definition) is 0. The zero-order chi connectivity index (χ0) is 11.4. The van der Waals surface area contributed by atoms with E-state index in [0.29, 0.717) is 0 Å². The zero-order valence-electron chi connectivity index (χ0n) is 10.1. The molecule has 0 aromatic carbocycles. The number of carbonyl (C=O) groups is 1. The van der Waals surface area contributed by atoms with Crippen LogP contribution in [0.1, 0.15) is 41.5 Å². The molecule has 0 bridgehead atoms. The summed E-state index contributed by atoms with van der Waals surface area (Å²) in [4.78, 5) is 10.1. The molecule has 0 rings (SSSR count). The Balaban J connectivity index is 5.47. The monoisotopic (exact) mass is 192 g/mol. The summed E-state index contributed by atoms with van der Waals surface area (Å²) in [6, 6.07) is 0. The van der Waals surface area contributed by atoms with E-state index in [1.54, 1.807) is 0 Å². The molecular formula is C13H20O. The molecule has 0 fully saturated rings. The number of carbonyl (C=O) groups excluding carboxylic acids is 1. The molecule has 0 aliphatic carbocycles. The van der Waals surface area contributed by atoms with E-state index in [-0.39, 0.29) is 10.8 Å². The van der Waals surface area contributed by atoms with Gasteiger partial charge in [0.25, 0.3) is 0 Å². The molecule has 0 heterocycles. The van der Waals surface area contributed by atoms with E-state index in [0.717, 1.165) is 6.29 Å². The van der Waals surface area contributed by atoms with Crippen LogP contribution in [-0.4, -0.2) is 6.29 Å². The maximum Gasteiger partial charge on any atom is 0.151 e. The summed E-state index contributed by atoms with van der Waals surface area (Å²) in [6.45, 7) is 12.9. The molecule has 0 unspecified atom stereocenters. The average molecular weight is 192 g/mol. The minimum absolute atomic E-state index is 0.0575. The topological polar surface area (TPSA) is 17.1 Å². The predicted molar refractivity (Wildman–Crippen MR) is 60.1 cm³/mol. The molecule has 1 heteroatoms. The summed E-state index contributed by atoms with van der Waals surface area (Å²) >= 11 is 0. The molecule has 0 saturated heterocycles.